The Morgan fingerprint density at radius 2 is 2.33 bits per heavy atom. The second kappa shape index (κ2) is 5.20. The van der Waals surface area contributed by atoms with Gasteiger partial charge in [-0.15, -0.1) is 0 Å². The molecule has 1 N–H and O–H groups in total. The first-order valence-corrected chi connectivity index (χ1v) is 4.93. The van der Waals surface area contributed by atoms with E-state index in [1.54, 1.807) is 16.8 Å². The molecular formula is C12H15NO2. The maximum Gasteiger partial charge on any atom is 0.337 e. The Bertz CT molecular complexity index is 400. The van der Waals surface area contributed by atoms with Gasteiger partial charge in [0.25, 0.3) is 0 Å². The van der Waals surface area contributed by atoms with Crippen LogP contribution in [0.2, 0.25) is 0 Å². The molecule has 0 atom stereocenters. The predicted octanol–water partition coefficient (Wildman–Crippen LogP) is 3.10. The Labute approximate surface area is 89.3 Å². The minimum atomic E-state index is -0.899. The minimum absolute atomic E-state index is 0.309. The molecule has 0 aliphatic heterocycles. The number of allylic oxidation sites excluding steroid dienone is 2. The molecule has 0 bridgehead atoms. The summed E-state index contributed by atoms with van der Waals surface area (Å²) in [7, 11) is 0. The van der Waals surface area contributed by atoms with E-state index in [0.717, 1.165) is 12.1 Å². The van der Waals surface area contributed by atoms with Gasteiger partial charge in [0.15, 0.2) is 0 Å². The van der Waals surface area contributed by atoms with Crippen LogP contribution < -0.4 is 0 Å². The molecule has 0 amide bonds. The number of carboxylic acids is 1. The fraction of sp³-hybridized carbons (Fsp3) is 0.250. The average molecular weight is 205 g/mol. The van der Waals surface area contributed by atoms with Crippen LogP contribution in [0.4, 0.5) is 0 Å². The molecular weight excluding hydrogens is 190 g/mol. The molecule has 0 aromatic carbocycles. The van der Waals surface area contributed by atoms with Crippen LogP contribution in [-0.2, 0) is 0 Å². The van der Waals surface area contributed by atoms with Crippen LogP contribution in [-0.4, -0.2) is 15.6 Å². The molecule has 0 aliphatic carbocycles. The van der Waals surface area contributed by atoms with E-state index >= 15 is 0 Å². The third kappa shape index (κ3) is 2.84. The highest BCUT2D eigenvalue weighted by Crippen LogP contribution is 2.11. The van der Waals surface area contributed by atoms with Crippen molar-refractivity contribution in [1.29, 1.82) is 0 Å². The zero-order chi connectivity index (χ0) is 11.3. The van der Waals surface area contributed by atoms with Crippen LogP contribution in [0.25, 0.3) is 12.3 Å². The van der Waals surface area contributed by atoms with E-state index in [-0.39, 0.29) is 0 Å². The van der Waals surface area contributed by atoms with Crippen molar-refractivity contribution in [3.05, 3.63) is 35.7 Å². The van der Waals surface area contributed by atoms with Gasteiger partial charge in [0.2, 0.25) is 0 Å². The fourth-order valence-corrected chi connectivity index (χ4v) is 1.27. The summed E-state index contributed by atoms with van der Waals surface area (Å²) in [5.74, 6) is -0.899. The monoisotopic (exact) mass is 205 g/mol. The normalized spacial score (nSPS) is 11.6. The van der Waals surface area contributed by atoms with E-state index in [4.69, 9.17) is 5.11 Å². The predicted molar refractivity (Wildman–Crippen MR) is 61.7 cm³/mol. The van der Waals surface area contributed by atoms with Gasteiger partial charge in [0.1, 0.15) is 0 Å². The number of hydrogen-bond donors (Lipinski definition) is 1. The summed E-state index contributed by atoms with van der Waals surface area (Å²) in [5.41, 5.74) is 1.19. The fourth-order valence-electron chi connectivity index (χ4n) is 1.27. The average Bonchev–Trinajstić information content (AvgIpc) is 2.59. The highest BCUT2D eigenvalue weighted by atomic mass is 16.4. The minimum Gasteiger partial charge on any atom is -0.478 e. The van der Waals surface area contributed by atoms with Gasteiger partial charge in [-0.05, 0) is 25.5 Å². The molecule has 0 saturated carbocycles. The Hall–Kier alpha value is -1.77. The molecule has 15 heavy (non-hydrogen) atoms. The highest BCUT2D eigenvalue weighted by Gasteiger charge is 2.07. The zero-order valence-electron chi connectivity index (χ0n) is 8.97. The first kappa shape index (κ1) is 11.3. The maximum absolute atomic E-state index is 10.8. The second-order valence-electron chi connectivity index (χ2n) is 3.16. The van der Waals surface area contributed by atoms with Gasteiger partial charge in [-0.25, -0.2) is 4.79 Å². The molecule has 1 rings (SSSR count). The topological polar surface area (TPSA) is 42.2 Å². The maximum atomic E-state index is 10.8. The molecule has 0 fully saturated rings. The van der Waals surface area contributed by atoms with E-state index in [1.807, 2.05) is 38.3 Å². The lowest BCUT2D eigenvalue weighted by atomic mass is 10.3. The van der Waals surface area contributed by atoms with Crippen molar-refractivity contribution in [2.75, 3.05) is 0 Å². The summed E-state index contributed by atoms with van der Waals surface area (Å²) >= 11 is 0. The van der Waals surface area contributed by atoms with E-state index < -0.39 is 5.97 Å². The lowest BCUT2D eigenvalue weighted by Gasteiger charge is -1.96. The highest BCUT2D eigenvalue weighted by molar-refractivity contribution is 5.88. The Balaban J connectivity index is 3.11. The van der Waals surface area contributed by atoms with Gasteiger partial charge < -0.3 is 9.67 Å². The lowest BCUT2D eigenvalue weighted by molar-refractivity contribution is 0.0697. The van der Waals surface area contributed by atoms with Crippen molar-refractivity contribution in [3.8, 4) is 0 Å². The number of hydrogen-bond acceptors (Lipinski definition) is 1. The van der Waals surface area contributed by atoms with E-state index in [1.165, 1.54) is 0 Å². The van der Waals surface area contributed by atoms with Gasteiger partial charge in [-0.1, -0.05) is 19.1 Å². The van der Waals surface area contributed by atoms with Crippen molar-refractivity contribution in [1.82, 2.24) is 4.57 Å². The Morgan fingerprint density at radius 1 is 1.60 bits per heavy atom. The molecule has 80 valence electrons. The Kier molecular flexibility index (Phi) is 3.92. The standard InChI is InChI=1S/C12H15NO2/c1-3-5-6-11-8-10(12(14)15)9-13(11)7-4-2/h4-9H,3H2,1-2H3,(H,14,15)/b6-5-,7-4-. The lowest BCUT2D eigenvalue weighted by Crippen LogP contribution is -1.92. The summed E-state index contributed by atoms with van der Waals surface area (Å²) in [6, 6.07) is 1.66. The smallest absolute Gasteiger partial charge is 0.337 e. The largest absolute Gasteiger partial charge is 0.478 e. The van der Waals surface area contributed by atoms with Crippen LogP contribution >= 0.6 is 0 Å². The molecule has 0 saturated heterocycles. The molecule has 0 aliphatic rings. The van der Waals surface area contributed by atoms with Crippen LogP contribution in [0, 0.1) is 0 Å². The number of carbonyl (C=O) groups is 1. The molecule has 0 unspecified atom stereocenters. The van der Waals surface area contributed by atoms with Crippen molar-refractivity contribution < 1.29 is 9.90 Å². The summed E-state index contributed by atoms with van der Waals surface area (Å²) in [6.07, 6.45) is 10.2. The molecule has 3 nitrogen and oxygen atoms in total. The second-order valence-corrected chi connectivity index (χ2v) is 3.16. The number of rotatable bonds is 4. The van der Waals surface area contributed by atoms with Crippen molar-refractivity contribution >= 4 is 18.2 Å². The molecule has 0 spiro atoms. The van der Waals surface area contributed by atoms with Gasteiger partial charge >= 0.3 is 5.97 Å². The number of nitrogens with zero attached hydrogens (tertiary/aromatic N) is 1. The van der Waals surface area contributed by atoms with Crippen LogP contribution in [0.15, 0.2) is 24.4 Å². The molecule has 1 aromatic heterocycles. The number of aromatic carboxylic acids is 1. The third-order valence-electron chi connectivity index (χ3n) is 1.96. The SMILES string of the molecule is C/C=C\n1cc(C(=O)O)cc1/C=C\CC. The number of carboxylic acid groups (broad SMARTS) is 1. The molecule has 1 heterocycles. The third-order valence-corrected chi connectivity index (χ3v) is 1.96. The molecule has 0 radical (unpaired) electrons. The van der Waals surface area contributed by atoms with E-state index in [0.29, 0.717) is 5.56 Å². The quantitative estimate of drug-likeness (QED) is 0.820. The summed E-state index contributed by atoms with van der Waals surface area (Å²) in [5, 5.41) is 8.85. The zero-order valence-corrected chi connectivity index (χ0v) is 8.97. The number of aromatic nitrogens is 1. The van der Waals surface area contributed by atoms with E-state index in [2.05, 4.69) is 0 Å². The van der Waals surface area contributed by atoms with Gasteiger partial charge in [-0.3, -0.25) is 0 Å². The Morgan fingerprint density at radius 3 is 2.87 bits per heavy atom. The molecule has 3 heteroatoms. The van der Waals surface area contributed by atoms with Crippen molar-refractivity contribution in [2.24, 2.45) is 0 Å². The van der Waals surface area contributed by atoms with Gasteiger partial charge in [0, 0.05) is 18.1 Å². The van der Waals surface area contributed by atoms with E-state index in [9.17, 15) is 4.79 Å². The molecule has 1 aromatic rings. The summed E-state index contributed by atoms with van der Waals surface area (Å²) in [4.78, 5) is 10.8. The van der Waals surface area contributed by atoms with Crippen molar-refractivity contribution in [2.45, 2.75) is 20.3 Å². The van der Waals surface area contributed by atoms with Gasteiger partial charge in [-0.2, -0.15) is 0 Å². The van der Waals surface area contributed by atoms with Gasteiger partial charge in [0.05, 0.1) is 5.56 Å². The summed E-state index contributed by atoms with van der Waals surface area (Å²) in [6.45, 7) is 3.94. The van der Waals surface area contributed by atoms with Crippen LogP contribution in [0.3, 0.4) is 0 Å². The van der Waals surface area contributed by atoms with Crippen LogP contribution in [0.1, 0.15) is 36.3 Å². The first-order valence-electron chi connectivity index (χ1n) is 4.93. The van der Waals surface area contributed by atoms with Crippen molar-refractivity contribution in [3.63, 3.8) is 0 Å². The summed E-state index contributed by atoms with van der Waals surface area (Å²) < 4.78 is 1.80. The van der Waals surface area contributed by atoms with Crippen LogP contribution in [0.5, 0.6) is 0 Å². The first-order chi connectivity index (χ1) is 7.19.